The molecule has 0 fully saturated rings. The summed E-state index contributed by atoms with van der Waals surface area (Å²) in [6, 6.07) is 12.2. The number of nitrogens with two attached hydrogens (primary N) is 1. The third kappa shape index (κ3) is 2.95. The molecule has 0 aliphatic rings. The van der Waals surface area contributed by atoms with E-state index in [1.807, 2.05) is 13.0 Å². The van der Waals surface area contributed by atoms with Crippen LogP contribution in [0.3, 0.4) is 0 Å². The van der Waals surface area contributed by atoms with Gasteiger partial charge in [0.25, 0.3) is 5.91 Å². The van der Waals surface area contributed by atoms with E-state index < -0.39 is 0 Å². The summed E-state index contributed by atoms with van der Waals surface area (Å²) in [7, 11) is 1.51. The van der Waals surface area contributed by atoms with Crippen molar-refractivity contribution < 1.29 is 9.53 Å². The van der Waals surface area contributed by atoms with Gasteiger partial charge in [0.05, 0.1) is 24.0 Å². The number of nitrogens with one attached hydrogen (secondary N) is 1. The molecule has 0 heterocycles. The first kappa shape index (κ1) is 14.4. The second kappa shape index (κ2) is 5.97. The molecule has 0 atom stereocenters. The second-order valence-corrected chi connectivity index (χ2v) is 4.52. The normalized spacial score (nSPS) is 9.76. The SMILES string of the molecule is COc1ccc(C(=O)Nc2cccc(C)c2C#N)cc1N. The summed E-state index contributed by atoms with van der Waals surface area (Å²) < 4.78 is 5.05. The third-order valence-corrected chi connectivity index (χ3v) is 3.12. The molecule has 5 heteroatoms. The maximum Gasteiger partial charge on any atom is 0.255 e. The number of nitriles is 1. The van der Waals surface area contributed by atoms with Crippen molar-refractivity contribution in [2.24, 2.45) is 0 Å². The van der Waals surface area contributed by atoms with E-state index in [2.05, 4.69) is 11.4 Å². The first-order valence-corrected chi connectivity index (χ1v) is 6.31. The smallest absolute Gasteiger partial charge is 0.255 e. The zero-order chi connectivity index (χ0) is 15.4. The van der Waals surface area contributed by atoms with Gasteiger partial charge in [0.2, 0.25) is 0 Å². The van der Waals surface area contributed by atoms with Crippen LogP contribution in [0.15, 0.2) is 36.4 Å². The summed E-state index contributed by atoms with van der Waals surface area (Å²) in [5.74, 6) is 0.186. The predicted molar refractivity (Wildman–Crippen MR) is 81.3 cm³/mol. The average molecular weight is 281 g/mol. The van der Waals surface area contributed by atoms with Crippen molar-refractivity contribution in [1.82, 2.24) is 0 Å². The number of aryl methyl sites for hydroxylation is 1. The Labute approximate surface area is 123 Å². The Bertz CT molecular complexity index is 733. The number of benzene rings is 2. The van der Waals surface area contributed by atoms with Crippen LogP contribution in [-0.4, -0.2) is 13.0 Å². The van der Waals surface area contributed by atoms with Crippen LogP contribution in [0.2, 0.25) is 0 Å². The highest BCUT2D eigenvalue weighted by Crippen LogP contribution is 2.23. The zero-order valence-electron chi connectivity index (χ0n) is 11.8. The van der Waals surface area contributed by atoms with Crippen LogP contribution < -0.4 is 15.8 Å². The van der Waals surface area contributed by atoms with Crippen LogP contribution in [-0.2, 0) is 0 Å². The molecule has 0 unspecified atom stereocenters. The van der Waals surface area contributed by atoms with Gasteiger partial charge >= 0.3 is 0 Å². The van der Waals surface area contributed by atoms with Gasteiger partial charge in [0.1, 0.15) is 11.8 Å². The van der Waals surface area contributed by atoms with E-state index in [4.69, 9.17) is 15.7 Å². The second-order valence-electron chi connectivity index (χ2n) is 4.52. The van der Waals surface area contributed by atoms with Gasteiger partial charge in [-0.25, -0.2) is 0 Å². The molecular weight excluding hydrogens is 266 g/mol. The maximum atomic E-state index is 12.2. The Morgan fingerprint density at radius 2 is 2.10 bits per heavy atom. The van der Waals surface area contributed by atoms with Gasteiger partial charge in [0, 0.05) is 5.56 Å². The lowest BCUT2D eigenvalue weighted by molar-refractivity contribution is 0.102. The molecule has 3 N–H and O–H groups in total. The Balaban J connectivity index is 2.29. The minimum atomic E-state index is -0.327. The highest BCUT2D eigenvalue weighted by atomic mass is 16.5. The topological polar surface area (TPSA) is 88.1 Å². The minimum absolute atomic E-state index is 0.327. The molecule has 2 rings (SSSR count). The number of hydrogen-bond acceptors (Lipinski definition) is 4. The van der Waals surface area contributed by atoms with Crippen molar-refractivity contribution in [2.45, 2.75) is 6.92 Å². The van der Waals surface area contributed by atoms with Crippen molar-refractivity contribution in [3.05, 3.63) is 53.1 Å². The molecule has 0 aliphatic carbocycles. The largest absolute Gasteiger partial charge is 0.495 e. The lowest BCUT2D eigenvalue weighted by Crippen LogP contribution is -2.13. The molecule has 2 aromatic rings. The molecule has 0 aromatic heterocycles. The van der Waals surface area contributed by atoms with Crippen molar-refractivity contribution in [1.29, 1.82) is 5.26 Å². The third-order valence-electron chi connectivity index (χ3n) is 3.12. The number of rotatable bonds is 3. The molecule has 0 saturated carbocycles. The fraction of sp³-hybridized carbons (Fsp3) is 0.125. The lowest BCUT2D eigenvalue weighted by Gasteiger charge is -2.10. The fourth-order valence-corrected chi connectivity index (χ4v) is 1.99. The van der Waals surface area contributed by atoms with E-state index in [1.54, 1.807) is 24.3 Å². The van der Waals surface area contributed by atoms with Crippen LogP contribution in [0.25, 0.3) is 0 Å². The average Bonchev–Trinajstić information content (AvgIpc) is 2.47. The maximum absolute atomic E-state index is 12.2. The van der Waals surface area contributed by atoms with E-state index >= 15 is 0 Å². The van der Waals surface area contributed by atoms with Crippen LogP contribution in [0.1, 0.15) is 21.5 Å². The van der Waals surface area contributed by atoms with Gasteiger partial charge in [-0.2, -0.15) is 5.26 Å². The Morgan fingerprint density at radius 3 is 2.71 bits per heavy atom. The van der Waals surface area contributed by atoms with Crippen molar-refractivity contribution >= 4 is 17.3 Å². The van der Waals surface area contributed by atoms with Gasteiger partial charge in [0.15, 0.2) is 0 Å². The summed E-state index contributed by atoms with van der Waals surface area (Å²) >= 11 is 0. The van der Waals surface area contributed by atoms with E-state index in [9.17, 15) is 4.79 Å². The molecule has 0 aliphatic heterocycles. The highest BCUT2D eigenvalue weighted by molar-refractivity contribution is 6.05. The standard InChI is InChI=1S/C16H15N3O2/c1-10-4-3-5-14(12(10)9-17)19-16(20)11-6-7-15(21-2)13(18)8-11/h3-8H,18H2,1-2H3,(H,19,20). The van der Waals surface area contributed by atoms with E-state index in [1.165, 1.54) is 13.2 Å². The number of anilines is 2. The number of ether oxygens (including phenoxy) is 1. The molecule has 0 spiro atoms. The number of nitrogens with zero attached hydrogens (tertiary/aromatic N) is 1. The van der Waals surface area contributed by atoms with Gasteiger partial charge in [-0.15, -0.1) is 0 Å². The summed E-state index contributed by atoms with van der Waals surface area (Å²) in [5, 5.41) is 11.9. The van der Waals surface area contributed by atoms with E-state index in [0.29, 0.717) is 28.3 Å². The summed E-state index contributed by atoms with van der Waals surface area (Å²) in [4.78, 5) is 12.2. The van der Waals surface area contributed by atoms with Crippen molar-refractivity contribution in [3.8, 4) is 11.8 Å². The van der Waals surface area contributed by atoms with Crippen LogP contribution in [0, 0.1) is 18.3 Å². The summed E-state index contributed by atoms with van der Waals surface area (Å²) in [6.07, 6.45) is 0. The first-order valence-electron chi connectivity index (χ1n) is 6.31. The van der Waals surface area contributed by atoms with Gasteiger partial charge in [-0.05, 0) is 36.8 Å². The Morgan fingerprint density at radius 1 is 1.33 bits per heavy atom. The number of amides is 1. The number of carbonyl (C=O) groups excluding carboxylic acids is 1. The monoisotopic (exact) mass is 281 g/mol. The van der Waals surface area contributed by atoms with Gasteiger partial charge in [-0.3, -0.25) is 4.79 Å². The number of hydrogen-bond donors (Lipinski definition) is 2. The quantitative estimate of drug-likeness (QED) is 0.847. The van der Waals surface area contributed by atoms with Crippen molar-refractivity contribution in [3.63, 3.8) is 0 Å². The van der Waals surface area contributed by atoms with Crippen molar-refractivity contribution in [2.75, 3.05) is 18.2 Å². The van der Waals surface area contributed by atoms with Gasteiger partial charge < -0.3 is 15.8 Å². The van der Waals surface area contributed by atoms with Gasteiger partial charge in [-0.1, -0.05) is 12.1 Å². The molecule has 0 bridgehead atoms. The lowest BCUT2D eigenvalue weighted by atomic mass is 10.1. The predicted octanol–water partition coefficient (Wildman–Crippen LogP) is 2.71. The Kier molecular flexibility index (Phi) is 4.10. The van der Waals surface area contributed by atoms with Crippen LogP contribution in [0.4, 0.5) is 11.4 Å². The number of nitrogen functional groups attached to an aromatic ring is 1. The first-order chi connectivity index (χ1) is 10.1. The molecule has 0 radical (unpaired) electrons. The molecule has 2 aromatic carbocycles. The molecule has 5 nitrogen and oxygen atoms in total. The Hall–Kier alpha value is -3.00. The molecular formula is C16H15N3O2. The molecule has 1 amide bonds. The van der Waals surface area contributed by atoms with E-state index in [0.717, 1.165) is 5.56 Å². The summed E-state index contributed by atoms with van der Waals surface area (Å²) in [5.41, 5.74) is 8.32. The van der Waals surface area contributed by atoms with Crippen LogP contribution >= 0.6 is 0 Å². The number of carbonyl (C=O) groups is 1. The summed E-state index contributed by atoms with van der Waals surface area (Å²) in [6.45, 7) is 1.82. The van der Waals surface area contributed by atoms with Crippen LogP contribution in [0.5, 0.6) is 5.75 Å². The highest BCUT2D eigenvalue weighted by Gasteiger charge is 2.12. The minimum Gasteiger partial charge on any atom is -0.495 e. The molecule has 106 valence electrons. The van der Waals surface area contributed by atoms with E-state index in [-0.39, 0.29) is 5.91 Å². The number of methoxy groups -OCH3 is 1. The molecule has 0 saturated heterocycles. The fourth-order valence-electron chi connectivity index (χ4n) is 1.99. The molecule has 21 heavy (non-hydrogen) atoms. The zero-order valence-corrected chi connectivity index (χ0v) is 11.8.